The molecule has 1 heterocycles. The molecule has 2 amide bonds. The van der Waals surface area contributed by atoms with Gasteiger partial charge in [0.1, 0.15) is 11.5 Å². The van der Waals surface area contributed by atoms with Gasteiger partial charge in [0.25, 0.3) is 5.91 Å². The van der Waals surface area contributed by atoms with Gasteiger partial charge in [-0.3, -0.25) is 9.59 Å². The summed E-state index contributed by atoms with van der Waals surface area (Å²) in [5.74, 6) is -2.41. The molecule has 252 valence electrons. The van der Waals surface area contributed by atoms with Crippen LogP contribution in [0.15, 0.2) is 102 Å². The summed E-state index contributed by atoms with van der Waals surface area (Å²) < 4.78 is 47.3. The number of unbranched alkanes of at least 4 members (excludes halogenated alkanes) is 3. The number of esters is 1. The van der Waals surface area contributed by atoms with Crippen LogP contribution in [-0.4, -0.2) is 48.5 Å². The Kier molecular flexibility index (Phi) is 13.1. The van der Waals surface area contributed by atoms with Crippen molar-refractivity contribution in [2.45, 2.75) is 44.8 Å². The van der Waals surface area contributed by atoms with E-state index in [2.05, 4.69) is 10.1 Å². The van der Waals surface area contributed by atoms with E-state index in [-0.39, 0.29) is 30.7 Å². The highest BCUT2D eigenvalue weighted by Gasteiger charge is 2.41. The highest BCUT2D eigenvalue weighted by Crippen LogP contribution is 2.24. The molecule has 0 saturated carbocycles. The van der Waals surface area contributed by atoms with Crippen molar-refractivity contribution < 1.29 is 36.7 Å². The standard InChI is InChI=1S/C37H38F3N3O5/c38-37(39,40)36(46)48-33-15-13-27(14-16-33)19-22-43(34(44)18-17-32-12-7-23-47-32)26-28-8-5-9-29(24-28)30-10-6-11-31(25-30)35(45)42-21-4-2-1-3-20-41/h5-18,23-25H,1-4,19-22,26,41H2,(H,42,45). The van der Waals surface area contributed by atoms with Crippen LogP contribution in [-0.2, 0) is 22.6 Å². The Hall–Kier alpha value is -5.16. The van der Waals surface area contributed by atoms with Crippen LogP contribution in [0, 0.1) is 0 Å². The zero-order chi connectivity index (χ0) is 34.4. The van der Waals surface area contributed by atoms with Crippen molar-refractivity contribution in [2.24, 2.45) is 5.73 Å². The number of nitrogens with two attached hydrogens (primary N) is 1. The predicted molar refractivity (Wildman–Crippen MR) is 177 cm³/mol. The van der Waals surface area contributed by atoms with Gasteiger partial charge in [-0.1, -0.05) is 55.3 Å². The maximum absolute atomic E-state index is 13.4. The maximum atomic E-state index is 13.4. The summed E-state index contributed by atoms with van der Waals surface area (Å²) in [6.45, 7) is 1.82. The molecule has 0 unspecified atom stereocenters. The summed E-state index contributed by atoms with van der Waals surface area (Å²) in [6, 6.07) is 24.2. The fourth-order valence-corrected chi connectivity index (χ4v) is 4.90. The number of ether oxygens (including phenoxy) is 1. The van der Waals surface area contributed by atoms with Crippen LogP contribution in [0.1, 0.15) is 52.9 Å². The molecule has 0 aliphatic heterocycles. The van der Waals surface area contributed by atoms with Crippen LogP contribution < -0.4 is 15.8 Å². The molecule has 4 aromatic rings. The summed E-state index contributed by atoms with van der Waals surface area (Å²) in [5, 5.41) is 2.98. The van der Waals surface area contributed by atoms with Crippen LogP contribution in [0.25, 0.3) is 17.2 Å². The Morgan fingerprint density at radius 3 is 2.29 bits per heavy atom. The monoisotopic (exact) mass is 661 g/mol. The number of alkyl halides is 3. The molecule has 48 heavy (non-hydrogen) atoms. The highest BCUT2D eigenvalue weighted by molar-refractivity contribution is 5.95. The van der Waals surface area contributed by atoms with Gasteiger partial charge in [0, 0.05) is 31.3 Å². The smallest absolute Gasteiger partial charge is 0.465 e. The third-order valence-corrected chi connectivity index (χ3v) is 7.46. The highest BCUT2D eigenvalue weighted by atomic mass is 19.4. The average molecular weight is 662 g/mol. The lowest BCUT2D eigenvalue weighted by atomic mass is 10.0. The number of hydrogen-bond acceptors (Lipinski definition) is 6. The second-order valence-electron chi connectivity index (χ2n) is 11.1. The molecule has 0 spiro atoms. The molecule has 3 N–H and O–H groups in total. The molecule has 8 nitrogen and oxygen atoms in total. The maximum Gasteiger partial charge on any atom is 0.491 e. The van der Waals surface area contributed by atoms with Gasteiger partial charge < -0.3 is 25.1 Å². The van der Waals surface area contributed by atoms with Crippen molar-refractivity contribution in [1.82, 2.24) is 10.2 Å². The fraction of sp³-hybridized carbons (Fsp3) is 0.270. The number of benzene rings is 3. The van der Waals surface area contributed by atoms with Crippen LogP contribution >= 0.6 is 0 Å². The second-order valence-corrected chi connectivity index (χ2v) is 11.1. The largest absolute Gasteiger partial charge is 0.491 e. The van der Waals surface area contributed by atoms with Crippen LogP contribution in [0.4, 0.5) is 13.2 Å². The molecule has 0 atom stereocenters. The molecule has 1 aromatic heterocycles. The van der Waals surface area contributed by atoms with Crippen LogP contribution in [0.5, 0.6) is 5.75 Å². The van der Waals surface area contributed by atoms with E-state index in [9.17, 15) is 27.6 Å². The molecular weight excluding hydrogens is 623 g/mol. The van der Waals surface area contributed by atoms with Crippen LogP contribution in [0.2, 0.25) is 0 Å². The number of carbonyl (C=O) groups is 3. The van der Waals surface area contributed by atoms with Crippen molar-refractivity contribution in [1.29, 1.82) is 0 Å². The molecule has 0 radical (unpaired) electrons. The van der Waals surface area contributed by atoms with E-state index < -0.39 is 12.1 Å². The molecule has 0 aliphatic carbocycles. The van der Waals surface area contributed by atoms with Gasteiger partial charge in [-0.25, -0.2) is 4.79 Å². The molecule has 11 heteroatoms. The minimum atomic E-state index is -5.10. The number of nitrogens with zero attached hydrogens (tertiary/aromatic N) is 1. The fourth-order valence-electron chi connectivity index (χ4n) is 4.90. The minimum absolute atomic E-state index is 0.140. The van der Waals surface area contributed by atoms with Gasteiger partial charge in [-0.2, -0.15) is 13.2 Å². The molecular formula is C37H38F3N3O5. The Bertz CT molecular complexity index is 1670. The van der Waals surface area contributed by atoms with E-state index in [4.69, 9.17) is 10.2 Å². The van der Waals surface area contributed by atoms with Crippen molar-refractivity contribution >= 4 is 23.9 Å². The van der Waals surface area contributed by atoms with E-state index in [0.29, 0.717) is 30.8 Å². The molecule has 4 rings (SSSR count). The Labute approximate surface area is 277 Å². The third-order valence-electron chi connectivity index (χ3n) is 7.46. The van der Waals surface area contributed by atoms with E-state index >= 15 is 0 Å². The van der Waals surface area contributed by atoms with Crippen molar-refractivity contribution in [3.63, 3.8) is 0 Å². The van der Waals surface area contributed by atoms with Crippen molar-refractivity contribution in [3.05, 3.63) is 120 Å². The van der Waals surface area contributed by atoms with Gasteiger partial charge in [-0.05, 0) is 96.6 Å². The van der Waals surface area contributed by atoms with Crippen LogP contribution in [0.3, 0.4) is 0 Å². The van der Waals surface area contributed by atoms with Gasteiger partial charge in [0.05, 0.1) is 6.26 Å². The average Bonchev–Trinajstić information content (AvgIpc) is 3.61. The Balaban J connectivity index is 1.45. The first-order valence-electron chi connectivity index (χ1n) is 15.7. The van der Waals surface area contributed by atoms with E-state index in [1.165, 1.54) is 24.5 Å². The quantitative estimate of drug-likeness (QED) is 0.0582. The third kappa shape index (κ3) is 11.3. The summed E-state index contributed by atoms with van der Waals surface area (Å²) in [7, 11) is 0. The molecule has 0 aliphatic rings. The number of furan rings is 1. The number of amides is 2. The lowest BCUT2D eigenvalue weighted by Crippen LogP contribution is -2.31. The Morgan fingerprint density at radius 1 is 0.854 bits per heavy atom. The minimum Gasteiger partial charge on any atom is -0.465 e. The number of rotatable bonds is 16. The normalized spacial score (nSPS) is 11.4. The lowest BCUT2D eigenvalue weighted by Gasteiger charge is -2.22. The molecule has 0 bridgehead atoms. The van der Waals surface area contributed by atoms with Crippen molar-refractivity contribution in [3.8, 4) is 16.9 Å². The summed E-state index contributed by atoms with van der Waals surface area (Å²) in [4.78, 5) is 38.9. The molecule has 0 fully saturated rings. The Morgan fingerprint density at radius 2 is 1.58 bits per heavy atom. The first kappa shape index (κ1) is 35.7. The van der Waals surface area contributed by atoms with E-state index in [1.54, 1.807) is 41.3 Å². The van der Waals surface area contributed by atoms with Gasteiger partial charge in [-0.15, -0.1) is 0 Å². The molecule has 3 aromatic carbocycles. The van der Waals surface area contributed by atoms with Gasteiger partial charge >= 0.3 is 12.1 Å². The van der Waals surface area contributed by atoms with E-state index in [1.807, 2.05) is 42.5 Å². The predicted octanol–water partition coefficient (Wildman–Crippen LogP) is 6.95. The second kappa shape index (κ2) is 17.7. The van der Waals surface area contributed by atoms with Gasteiger partial charge in [0.15, 0.2) is 0 Å². The summed E-state index contributed by atoms with van der Waals surface area (Å²) >= 11 is 0. The SMILES string of the molecule is NCCCCCCNC(=O)c1cccc(-c2cccc(CN(CCc3ccc(OC(=O)C(F)(F)F)cc3)C(=O)C=Cc3ccco3)c2)c1. The number of nitrogens with one attached hydrogen (secondary N) is 1. The lowest BCUT2D eigenvalue weighted by molar-refractivity contribution is -0.189. The van der Waals surface area contributed by atoms with E-state index in [0.717, 1.165) is 47.9 Å². The first-order valence-corrected chi connectivity index (χ1v) is 15.7. The molecule has 0 saturated heterocycles. The number of halogens is 3. The topological polar surface area (TPSA) is 115 Å². The number of carbonyl (C=O) groups excluding carboxylic acids is 3. The summed E-state index contributed by atoms with van der Waals surface area (Å²) in [6.07, 6.45) is 3.72. The zero-order valence-corrected chi connectivity index (χ0v) is 26.4. The number of hydrogen-bond donors (Lipinski definition) is 2. The zero-order valence-electron chi connectivity index (χ0n) is 26.4. The van der Waals surface area contributed by atoms with Gasteiger partial charge in [0.2, 0.25) is 5.91 Å². The first-order chi connectivity index (χ1) is 23.1. The van der Waals surface area contributed by atoms with Crippen molar-refractivity contribution in [2.75, 3.05) is 19.6 Å². The summed E-state index contributed by atoms with van der Waals surface area (Å²) in [5.41, 5.74) is 9.41.